The van der Waals surface area contributed by atoms with Crippen LogP contribution in [0.1, 0.15) is 30.1 Å². The molecule has 2 rings (SSSR count). The van der Waals surface area contributed by atoms with Crippen LogP contribution in [0.3, 0.4) is 0 Å². The number of likely N-dealkylation sites (tertiary alicyclic amines) is 1. The van der Waals surface area contributed by atoms with Crippen LogP contribution < -0.4 is 5.73 Å². The molecule has 1 aromatic carbocycles. The number of hydrogen-bond acceptors (Lipinski definition) is 2. The smallest absolute Gasteiger partial charge is 0.255 e. The molecule has 1 fully saturated rings. The Bertz CT molecular complexity index is 481. The molecule has 2 N–H and O–H groups in total. The fourth-order valence-electron chi connectivity index (χ4n) is 2.68. The average Bonchev–Trinajstić information content (AvgIpc) is 2.41. The number of nitrogens with zero attached hydrogens (tertiary/aromatic N) is 1. The predicted molar refractivity (Wildman–Crippen MR) is 86.0 cm³/mol. The van der Waals surface area contributed by atoms with Crippen molar-refractivity contribution in [2.45, 2.75) is 25.8 Å². The third kappa shape index (κ3) is 3.40. The number of rotatable bonds is 2. The maximum Gasteiger partial charge on any atom is 0.255 e. The van der Waals surface area contributed by atoms with Crippen LogP contribution >= 0.6 is 35.6 Å². The van der Waals surface area contributed by atoms with Gasteiger partial charge in [0.25, 0.3) is 5.91 Å². The van der Waals surface area contributed by atoms with Gasteiger partial charge in [-0.1, -0.05) is 36.2 Å². The van der Waals surface area contributed by atoms with Crippen molar-refractivity contribution in [1.82, 2.24) is 4.90 Å². The van der Waals surface area contributed by atoms with E-state index in [9.17, 15) is 4.79 Å². The van der Waals surface area contributed by atoms with Gasteiger partial charge in [0, 0.05) is 19.1 Å². The number of nitrogens with two attached hydrogens (primary N) is 1. The van der Waals surface area contributed by atoms with Crippen molar-refractivity contribution in [2.75, 3.05) is 13.1 Å². The van der Waals surface area contributed by atoms with Crippen molar-refractivity contribution in [2.24, 2.45) is 11.7 Å². The number of hydrogen-bond donors (Lipinski definition) is 1. The minimum Gasteiger partial charge on any atom is -0.334 e. The van der Waals surface area contributed by atoms with Crippen LogP contribution in [0.15, 0.2) is 18.2 Å². The molecule has 0 aliphatic carbocycles. The van der Waals surface area contributed by atoms with E-state index in [4.69, 9.17) is 28.9 Å². The van der Waals surface area contributed by atoms with Gasteiger partial charge in [-0.05, 0) is 30.9 Å². The molecule has 0 radical (unpaired) electrons. The van der Waals surface area contributed by atoms with E-state index in [1.807, 2.05) is 4.90 Å². The van der Waals surface area contributed by atoms with Crippen molar-refractivity contribution in [3.8, 4) is 0 Å². The van der Waals surface area contributed by atoms with Gasteiger partial charge in [0.05, 0.1) is 15.6 Å². The van der Waals surface area contributed by atoms with Crippen molar-refractivity contribution in [3.05, 3.63) is 33.8 Å². The first-order valence-corrected chi connectivity index (χ1v) is 7.27. The molecule has 1 saturated heterocycles. The molecule has 6 heteroatoms. The Morgan fingerprint density at radius 1 is 1.45 bits per heavy atom. The highest BCUT2D eigenvalue weighted by molar-refractivity contribution is 6.43. The minimum atomic E-state index is -0.0745. The van der Waals surface area contributed by atoms with Crippen molar-refractivity contribution in [1.29, 1.82) is 0 Å². The SMILES string of the molecule is CC1CCCN(C(=O)c2cccc(Cl)c2Cl)C1CN.Cl. The van der Waals surface area contributed by atoms with E-state index in [2.05, 4.69) is 6.92 Å². The van der Waals surface area contributed by atoms with Gasteiger partial charge in [0.2, 0.25) is 0 Å². The molecule has 1 amide bonds. The van der Waals surface area contributed by atoms with Crippen molar-refractivity contribution >= 4 is 41.5 Å². The van der Waals surface area contributed by atoms with E-state index >= 15 is 0 Å². The van der Waals surface area contributed by atoms with Crippen LogP contribution in [-0.2, 0) is 0 Å². The molecule has 0 saturated carbocycles. The maximum absolute atomic E-state index is 12.6. The molecule has 1 heterocycles. The average molecular weight is 338 g/mol. The summed E-state index contributed by atoms with van der Waals surface area (Å²) in [6.45, 7) is 3.34. The first kappa shape index (κ1) is 17.6. The number of carbonyl (C=O) groups excluding carboxylic acids is 1. The van der Waals surface area contributed by atoms with Crippen LogP contribution in [-0.4, -0.2) is 29.9 Å². The van der Waals surface area contributed by atoms with Gasteiger partial charge in [-0.3, -0.25) is 4.79 Å². The lowest BCUT2D eigenvalue weighted by Gasteiger charge is -2.39. The Morgan fingerprint density at radius 3 is 2.80 bits per heavy atom. The van der Waals surface area contributed by atoms with E-state index in [1.54, 1.807) is 18.2 Å². The van der Waals surface area contributed by atoms with E-state index < -0.39 is 0 Å². The van der Waals surface area contributed by atoms with Crippen molar-refractivity contribution in [3.63, 3.8) is 0 Å². The van der Waals surface area contributed by atoms with E-state index in [-0.39, 0.29) is 24.4 Å². The zero-order chi connectivity index (χ0) is 14.0. The van der Waals surface area contributed by atoms with E-state index in [0.717, 1.165) is 19.4 Å². The Labute approximate surface area is 135 Å². The van der Waals surface area contributed by atoms with Crippen LogP contribution in [0.5, 0.6) is 0 Å². The summed E-state index contributed by atoms with van der Waals surface area (Å²) in [6, 6.07) is 5.21. The highest BCUT2D eigenvalue weighted by atomic mass is 35.5. The van der Waals surface area contributed by atoms with Gasteiger partial charge in [0.1, 0.15) is 0 Å². The molecular formula is C14H19Cl3N2O. The lowest BCUT2D eigenvalue weighted by molar-refractivity contribution is 0.0533. The van der Waals surface area contributed by atoms with Gasteiger partial charge in [-0.2, -0.15) is 0 Å². The normalized spacial score (nSPS) is 22.3. The van der Waals surface area contributed by atoms with Gasteiger partial charge in [-0.15, -0.1) is 12.4 Å². The lowest BCUT2D eigenvalue weighted by atomic mass is 9.90. The molecule has 1 aliphatic heterocycles. The topological polar surface area (TPSA) is 46.3 Å². The molecule has 20 heavy (non-hydrogen) atoms. The fourth-order valence-corrected chi connectivity index (χ4v) is 3.07. The quantitative estimate of drug-likeness (QED) is 0.896. The number of piperidine rings is 1. The predicted octanol–water partition coefficient (Wildman–Crippen LogP) is 3.61. The molecule has 2 atom stereocenters. The Kier molecular flexibility index (Phi) is 6.59. The van der Waals surface area contributed by atoms with E-state index in [0.29, 0.717) is 28.1 Å². The van der Waals surface area contributed by atoms with Crippen molar-refractivity contribution < 1.29 is 4.79 Å². The summed E-state index contributed by atoms with van der Waals surface area (Å²) < 4.78 is 0. The molecule has 0 bridgehead atoms. The first-order chi connectivity index (χ1) is 9.06. The number of carbonyl (C=O) groups is 1. The molecule has 2 unspecified atom stereocenters. The highest BCUT2D eigenvalue weighted by Crippen LogP contribution is 2.29. The van der Waals surface area contributed by atoms with Gasteiger partial charge < -0.3 is 10.6 Å². The van der Waals surface area contributed by atoms with Crippen LogP contribution in [0.25, 0.3) is 0 Å². The molecule has 1 aromatic rings. The first-order valence-electron chi connectivity index (χ1n) is 6.51. The Hall–Kier alpha value is -0.480. The Morgan fingerprint density at radius 2 is 2.15 bits per heavy atom. The largest absolute Gasteiger partial charge is 0.334 e. The second-order valence-electron chi connectivity index (χ2n) is 5.02. The standard InChI is InChI=1S/C14H18Cl2N2O.ClH/c1-9-4-3-7-18(12(9)8-17)14(19)10-5-2-6-11(15)13(10)16;/h2,5-6,9,12H,3-4,7-8,17H2,1H3;1H. The van der Waals surface area contributed by atoms with Gasteiger partial charge >= 0.3 is 0 Å². The van der Waals surface area contributed by atoms with Crippen LogP contribution in [0.2, 0.25) is 10.0 Å². The molecular weight excluding hydrogens is 319 g/mol. The van der Waals surface area contributed by atoms with Gasteiger partial charge in [0.15, 0.2) is 0 Å². The molecule has 3 nitrogen and oxygen atoms in total. The number of benzene rings is 1. The number of halogens is 3. The summed E-state index contributed by atoms with van der Waals surface area (Å²) in [7, 11) is 0. The second-order valence-corrected chi connectivity index (χ2v) is 5.81. The molecule has 1 aliphatic rings. The van der Waals surface area contributed by atoms with Crippen LogP contribution in [0, 0.1) is 5.92 Å². The molecule has 0 aromatic heterocycles. The monoisotopic (exact) mass is 336 g/mol. The summed E-state index contributed by atoms with van der Waals surface area (Å²) in [6.07, 6.45) is 2.11. The lowest BCUT2D eigenvalue weighted by Crippen LogP contribution is -2.51. The Balaban J connectivity index is 0.00000200. The third-order valence-corrected chi connectivity index (χ3v) is 4.62. The molecule has 0 spiro atoms. The summed E-state index contributed by atoms with van der Waals surface area (Å²) >= 11 is 12.1. The van der Waals surface area contributed by atoms with Crippen LogP contribution in [0.4, 0.5) is 0 Å². The third-order valence-electron chi connectivity index (χ3n) is 3.80. The summed E-state index contributed by atoms with van der Waals surface area (Å²) in [5.74, 6) is 0.343. The molecule has 112 valence electrons. The minimum absolute atomic E-state index is 0. The zero-order valence-electron chi connectivity index (χ0n) is 11.3. The fraction of sp³-hybridized carbons (Fsp3) is 0.500. The summed E-state index contributed by atoms with van der Waals surface area (Å²) in [5.41, 5.74) is 6.27. The highest BCUT2D eigenvalue weighted by Gasteiger charge is 2.32. The summed E-state index contributed by atoms with van der Waals surface area (Å²) in [4.78, 5) is 14.5. The number of amides is 1. The van der Waals surface area contributed by atoms with Gasteiger partial charge in [-0.25, -0.2) is 0 Å². The van der Waals surface area contributed by atoms with E-state index in [1.165, 1.54) is 0 Å². The zero-order valence-corrected chi connectivity index (χ0v) is 13.6. The summed E-state index contributed by atoms with van der Waals surface area (Å²) in [5, 5.41) is 0.727. The maximum atomic E-state index is 12.6. The second kappa shape index (κ2) is 7.51.